The lowest BCUT2D eigenvalue weighted by Crippen LogP contribution is -1.93. The molecule has 0 unspecified atom stereocenters. The predicted molar refractivity (Wildman–Crippen MR) is 447 cm³/mol. The summed E-state index contributed by atoms with van der Waals surface area (Å²) < 4.78 is 174. The number of rotatable bonds is 5. The Balaban J connectivity index is 0.000000142. The van der Waals surface area contributed by atoms with Crippen LogP contribution in [0.5, 0.6) is 0 Å². The van der Waals surface area contributed by atoms with Crippen LogP contribution >= 0.6 is 0 Å². The maximum absolute atomic E-state index is 9.66. The molecule has 4 heterocycles. The lowest BCUT2D eigenvalue weighted by Gasteiger charge is -2.20. The maximum atomic E-state index is 9.66. The van der Waals surface area contributed by atoms with E-state index in [1.165, 1.54) is 0 Å². The molecule has 0 aliphatic heterocycles. The molecule has 0 N–H and O–H groups in total. The van der Waals surface area contributed by atoms with Gasteiger partial charge in [-0.25, -0.2) is 0 Å². The quantitative estimate of drug-likeness (QED) is 0.161. The first-order valence-corrected chi connectivity index (χ1v) is 35.0. The van der Waals surface area contributed by atoms with Crippen LogP contribution in [0.15, 0.2) is 369 Å². The fourth-order valence-corrected chi connectivity index (χ4v) is 17.0. The molecule has 4 aromatic heterocycles. The fraction of sp³-hybridized carbons (Fsp3) is 0. The molecule has 0 atom stereocenters. The molecule has 0 fully saturated rings. The van der Waals surface area contributed by atoms with Crippen LogP contribution in [-0.2, 0) is 0 Å². The minimum Gasteiger partial charge on any atom is -0.456 e. The van der Waals surface area contributed by atoms with Gasteiger partial charge < -0.3 is 17.7 Å². The zero-order valence-electron chi connectivity index (χ0n) is 71.9. The molecule has 4 nitrogen and oxygen atoms in total. The molecule has 490 valence electrons. The van der Waals surface area contributed by atoms with Gasteiger partial charge in [-0.05, 0) is 208 Å². The predicted octanol–water partition coefficient (Wildman–Crippen LogP) is 29.7. The van der Waals surface area contributed by atoms with Crippen LogP contribution in [0.1, 0.15) is 21.9 Å². The van der Waals surface area contributed by atoms with Crippen LogP contribution < -0.4 is 0 Å². The first-order chi connectivity index (χ1) is 59.2. The summed E-state index contributed by atoms with van der Waals surface area (Å²) in [6, 6.07) is 76.2. The summed E-state index contributed by atoms with van der Waals surface area (Å²) in [5.74, 6) is 0. The highest BCUT2D eigenvalue weighted by Crippen LogP contribution is 2.52. The second-order valence-corrected chi connectivity index (χ2v) is 27.1. The molecule has 24 rings (SSSR count). The molecular weight excluding hydrogens is 1290 g/mol. The third kappa shape index (κ3) is 8.64. The molecule has 0 aliphatic carbocycles. The average molecular weight is 1360 g/mol. The summed E-state index contributed by atoms with van der Waals surface area (Å²) in [7, 11) is 0. The van der Waals surface area contributed by atoms with E-state index in [-0.39, 0.29) is 108 Å². The minimum absolute atomic E-state index is 0.133. The molecule has 0 radical (unpaired) electrons. The lowest BCUT2D eigenvalue weighted by atomic mass is 9.83. The number of benzene rings is 20. The molecule has 4 heteroatoms. The summed E-state index contributed by atoms with van der Waals surface area (Å²) in [5.41, 5.74) is 10.1. The Bertz CT molecular complexity index is 8770. The number of para-hydroxylation sites is 1. The van der Waals surface area contributed by atoms with Crippen molar-refractivity contribution in [3.8, 4) is 55.6 Å². The monoisotopic (exact) mass is 1360 g/mol. The molecule has 0 spiro atoms. The highest BCUT2D eigenvalue weighted by atomic mass is 16.3. The normalized spacial score (nSPS) is 14.3. The lowest BCUT2D eigenvalue weighted by molar-refractivity contribution is 0.669. The molecule has 0 saturated heterocycles. The smallest absolute Gasteiger partial charge is 0.143 e. The summed E-state index contributed by atoms with van der Waals surface area (Å²) >= 11 is 0. The Morgan fingerprint density at radius 1 is 0.179 bits per heavy atom. The van der Waals surface area contributed by atoms with Gasteiger partial charge in [0.1, 0.15) is 44.7 Å². The SMILES string of the molecule is [2H]c1c([2H])c([2H])c2c(-c3cc4oc5ccc6ccccc6c5c4c4ccccc34)c3c([2H])c([2H])c([2H])c([2H])c3c(-c3cc4oc5ccccc5c4c4ccccc34)c2c1[2H].[2H]c1c([2H])c([2H])c2c(-c3ccc4c(c3)oc3ccc5ccccc5c34)c3c([2H])c([2H])c([2H])c([2H])c3c(-c3ccc(-c4ccc5c(c4)oc4c6ccccc6ccc54)cc3)c2c1[2H]. The Labute approximate surface area is 628 Å². The van der Waals surface area contributed by atoms with Gasteiger partial charge in [0.15, 0.2) is 0 Å². The molecular formula is C102H58O4. The van der Waals surface area contributed by atoms with Crippen LogP contribution in [0, 0.1) is 0 Å². The van der Waals surface area contributed by atoms with Crippen molar-refractivity contribution in [3.63, 3.8) is 0 Å². The summed E-state index contributed by atoms with van der Waals surface area (Å²) in [5, 5.41) is 17.9. The molecule has 0 aliphatic rings. The van der Waals surface area contributed by atoms with Crippen molar-refractivity contribution in [3.05, 3.63) is 351 Å². The van der Waals surface area contributed by atoms with Gasteiger partial charge in [0.2, 0.25) is 0 Å². The van der Waals surface area contributed by atoms with Gasteiger partial charge in [-0.3, -0.25) is 0 Å². The van der Waals surface area contributed by atoms with Crippen molar-refractivity contribution < 1.29 is 39.6 Å². The Kier molecular flexibility index (Phi) is 9.65. The van der Waals surface area contributed by atoms with E-state index in [0.717, 1.165) is 119 Å². The molecule has 0 amide bonds. The van der Waals surface area contributed by atoms with Crippen molar-refractivity contribution >= 4 is 185 Å². The van der Waals surface area contributed by atoms with Crippen molar-refractivity contribution in [2.75, 3.05) is 0 Å². The van der Waals surface area contributed by atoms with E-state index in [2.05, 4.69) is 42.5 Å². The number of hydrogen-bond donors (Lipinski definition) is 0. The van der Waals surface area contributed by atoms with Gasteiger partial charge in [-0.15, -0.1) is 0 Å². The van der Waals surface area contributed by atoms with Crippen molar-refractivity contribution in [1.29, 1.82) is 0 Å². The van der Waals surface area contributed by atoms with Gasteiger partial charge in [0.05, 0.1) is 21.9 Å². The third-order valence-corrected chi connectivity index (χ3v) is 21.6. The van der Waals surface area contributed by atoms with Crippen molar-refractivity contribution in [2.24, 2.45) is 0 Å². The highest BCUT2D eigenvalue weighted by Gasteiger charge is 2.26. The zero-order valence-corrected chi connectivity index (χ0v) is 55.9. The molecule has 0 bridgehead atoms. The first kappa shape index (κ1) is 45.0. The minimum atomic E-state index is -0.460. The summed E-state index contributed by atoms with van der Waals surface area (Å²) in [6.45, 7) is 0. The molecule has 0 saturated carbocycles. The molecule has 20 aromatic carbocycles. The molecule has 106 heavy (non-hydrogen) atoms. The van der Waals surface area contributed by atoms with Crippen LogP contribution in [0.3, 0.4) is 0 Å². The largest absolute Gasteiger partial charge is 0.456 e. The van der Waals surface area contributed by atoms with Gasteiger partial charge in [-0.1, -0.05) is 291 Å². The fourth-order valence-electron chi connectivity index (χ4n) is 17.0. The Morgan fingerprint density at radius 2 is 0.528 bits per heavy atom. The highest BCUT2D eigenvalue weighted by molar-refractivity contribution is 6.33. The van der Waals surface area contributed by atoms with E-state index >= 15 is 0 Å². The average Bonchev–Trinajstić information content (AvgIpc) is 0.933. The van der Waals surface area contributed by atoms with E-state index in [1.54, 1.807) is 6.07 Å². The first-order valence-electron chi connectivity index (χ1n) is 43.0. The second-order valence-electron chi connectivity index (χ2n) is 27.1. The second kappa shape index (κ2) is 22.7. The van der Waals surface area contributed by atoms with E-state index < -0.39 is 48.3 Å². The molecule has 24 aromatic rings. The standard InChI is InChI=1S/C52H30O2.C50H28O2/c1-3-11-37-32(9-1)24-28-46-51(37)45-27-23-36(30-48(45)53-46)50-42-15-7-5-13-40(42)49(41-14-6-8-16-43(41)50)34-19-17-31(18-20-34)35-22-25-39-44-26-21-33-10-2-4-12-38(33)52(44)54-47(39)29-35;1-2-14-30-29(13-1)25-26-43-49(30)50-34-18-6-4-16-32(34)41(28-45(50)52-43)47-37-21-9-7-19-35(37)46(36-20-8-10-22-38(36)47)40-27-44-48(33-17-5-3-15-31(33)40)39-23-11-12-24-42(39)51-44/h1-30H;1-28H/i5D,6D,7D,8D,13D,14D,15D,16D;7D,8D,9D,10D,19D,20D,21D,22D. The van der Waals surface area contributed by atoms with Crippen LogP contribution in [0.2, 0.25) is 0 Å². The van der Waals surface area contributed by atoms with Gasteiger partial charge >= 0.3 is 0 Å². The third-order valence-electron chi connectivity index (χ3n) is 21.6. The maximum Gasteiger partial charge on any atom is 0.143 e. The number of fused-ring (bicyclic) bond motifs is 26. The number of furan rings is 4. The van der Waals surface area contributed by atoms with Gasteiger partial charge in [0.25, 0.3) is 0 Å². The van der Waals surface area contributed by atoms with Crippen LogP contribution in [0.25, 0.3) is 240 Å². The van der Waals surface area contributed by atoms with Crippen molar-refractivity contribution in [2.45, 2.75) is 0 Å². The summed E-state index contributed by atoms with van der Waals surface area (Å²) in [4.78, 5) is 0. The van der Waals surface area contributed by atoms with Gasteiger partial charge in [0, 0.05) is 48.5 Å². The van der Waals surface area contributed by atoms with E-state index in [9.17, 15) is 11.0 Å². The van der Waals surface area contributed by atoms with Crippen molar-refractivity contribution in [1.82, 2.24) is 0 Å². The van der Waals surface area contributed by atoms with E-state index in [0.29, 0.717) is 61.3 Å². The van der Waals surface area contributed by atoms with E-state index in [1.807, 2.05) is 206 Å². The summed E-state index contributed by atoms with van der Waals surface area (Å²) in [6.07, 6.45) is 0. The van der Waals surface area contributed by atoms with Crippen LogP contribution in [0.4, 0.5) is 0 Å². The Morgan fingerprint density at radius 3 is 1.12 bits per heavy atom. The zero-order chi connectivity index (χ0) is 83.2. The Hall–Kier alpha value is -14.1. The van der Waals surface area contributed by atoms with Crippen LogP contribution in [-0.4, -0.2) is 0 Å². The topological polar surface area (TPSA) is 52.6 Å². The number of hydrogen-bond acceptors (Lipinski definition) is 4. The van der Waals surface area contributed by atoms with Gasteiger partial charge in [-0.2, -0.15) is 0 Å². The van der Waals surface area contributed by atoms with E-state index in [4.69, 9.17) is 28.6 Å².